The van der Waals surface area contributed by atoms with E-state index in [1.165, 1.54) is 17.8 Å². The van der Waals surface area contributed by atoms with Gasteiger partial charge in [0.2, 0.25) is 0 Å². The van der Waals surface area contributed by atoms with E-state index < -0.39 is 0 Å². The Morgan fingerprint density at radius 3 is 2.76 bits per heavy atom. The Bertz CT molecular complexity index is 715. The van der Waals surface area contributed by atoms with Crippen LogP contribution in [0, 0.1) is 5.82 Å². The molecule has 0 fully saturated rings. The molecule has 3 rings (SSSR count). The molecule has 0 amide bonds. The van der Waals surface area contributed by atoms with Crippen LogP contribution in [0.4, 0.5) is 4.39 Å². The van der Waals surface area contributed by atoms with Gasteiger partial charge in [0.05, 0.1) is 10.6 Å². The van der Waals surface area contributed by atoms with Crippen LogP contribution in [0.25, 0.3) is 0 Å². The molecule has 0 saturated carbocycles. The first kappa shape index (κ1) is 14.5. The minimum absolute atomic E-state index is 0.202. The summed E-state index contributed by atoms with van der Waals surface area (Å²) in [6.45, 7) is 4.08. The van der Waals surface area contributed by atoms with E-state index in [0.29, 0.717) is 10.0 Å². The zero-order chi connectivity index (χ0) is 15.0. The molecular formula is C16H14ClFN2S. The third kappa shape index (κ3) is 2.70. The summed E-state index contributed by atoms with van der Waals surface area (Å²) < 4.78 is 14.2. The van der Waals surface area contributed by atoms with Crippen molar-refractivity contribution >= 4 is 29.1 Å². The van der Waals surface area contributed by atoms with Gasteiger partial charge in [-0.2, -0.15) is 0 Å². The molecule has 1 aromatic carbocycles. The van der Waals surface area contributed by atoms with E-state index in [1.54, 1.807) is 18.3 Å². The summed E-state index contributed by atoms with van der Waals surface area (Å²) >= 11 is 7.32. The minimum atomic E-state index is -0.371. The highest BCUT2D eigenvalue weighted by Gasteiger charge is 2.32. The van der Waals surface area contributed by atoms with Crippen molar-refractivity contribution in [1.29, 1.82) is 0 Å². The van der Waals surface area contributed by atoms with Gasteiger partial charge in [0.1, 0.15) is 15.8 Å². The highest BCUT2D eigenvalue weighted by Crippen LogP contribution is 2.44. The van der Waals surface area contributed by atoms with Crippen molar-refractivity contribution in [2.45, 2.75) is 30.0 Å². The highest BCUT2D eigenvalue weighted by atomic mass is 35.5. The molecule has 0 aliphatic carbocycles. The molecule has 1 aliphatic rings. The van der Waals surface area contributed by atoms with Gasteiger partial charge in [-0.3, -0.25) is 4.99 Å². The van der Waals surface area contributed by atoms with Gasteiger partial charge in [-0.15, -0.1) is 0 Å². The summed E-state index contributed by atoms with van der Waals surface area (Å²) in [5.41, 5.74) is 2.44. The third-order valence-electron chi connectivity index (χ3n) is 3.55. The predicted octanol–water partition coefficient (Wildman–Crippen LogP) is 4.94. The first-order valence-corrected chi connectivity index (χ1v) is 7.91. The van der Waals surface area contributed by atoms with E-state index in [1.807, 2.05) is 19.1 Å². The number of hydrogen-bond donors (Lipinski definition) is 0. The fourth-order valence-corrected chi connectivity index (χ4v) is 3.50. The molecule has 1 unspecified atom stereocenters. The monoisotopic (exact) mass is 320 g/mol. The van der Waals surface area contributed by atoms with Crippen molar-refractivity contribution in [3.05, 3.63) is 58.6 Å². The minimum Gasteiger partial charge on any atom is -0.266 e. The molecule has 2 nitrogen and oxygen atoms in total. The van der Waals surface area contributed by atoms with Crippen LogP contribution in [0.1, 0.15) is 31.4 Å². The van der Waals surface area contributed by atoms with Gasteiger partial charge in [0, 0.05) is 17.3 Å². The van der Waals surface area contributed by atoms with E-state index in [0.717, 1.165) is 23.3 Å². The maximum Gasteiger partial charge on any atom is 0.137 e. The summed E-state index contributed by atoms with van der Waals surface area (Å²) in [6, 6.07) is 8.69. The number of halogens is 2. The van der Waals surface area contributed by atoms with Crippen LogP contribution in [0.5, 0.6) is 0 Å². The fraction of sp³-hybridized carbons (Fsp3) is 0.250. The lowest BCUT2D eigenvalue weighted by molar-refractivity contribution is 0.591. The SMILES string of the molecule is CCC1(C)N=C(c2ccc(Cl)nc2)c2cccc(F)c2S1. The summed E-state index contributed by atoms with van der Waals surface area (Å²) in [5, 5.41) is 0.433. The molecule has 108 valence electrons. The molecule has 2 heterocycles. The second-order valence-electron chi connectivity index (χ2n) is 5.08. The van der Waals surface area contributed by atoms with E-state index >= 15 is 0 Å². The van der Waals surface area contributed by atoms with Crippen molar-refractivity contribution in [2.24, 2.45) is 4.99 Å². The average molecular weight is 321 g/mol. The van der Waals surface area contributed by atoms with Gasteiger partial charge >= 0.3 is 0 Å². The van der Waals surface area contributed by atoms with E-state index in [-0.39, 0.29) is 10.7 Å². The molecule has 0 bridgehead atoms. The van der Waals surface area contributed by atoms with Gasteiger partial charge in [0.15, 0.2) is 0 Å². The molecule has 1 aliphatic heterocycles. The zero-order valence-corrected chi connectivity index (χ0v) is 13.3. The summed E-state index contributed by atoms with van der Waals surface area (Å²) in [5.74, 6) is -0.202. The van der Waals surface area contributed by atoms with Crippen molar-refractivity contribution in [3.8, 4) is 0 Å². The maximum atomic E-state index is 14.2. The van der Waals surface area contributed by atoms with Crippen LogP contribution in [0.2, 0.25) is 5.15 Å². The highest BCUT2D eigenvalue weighted by molar-refractivity contribution is 8.00. The second kappa shape index (κ2) is 5.43. The van der Waals surface area contributed by atoms with Gasteiger partial charge in [-0.1, -0.05) is 42.4 Å². The maximum absolute atomic E-state index is 14.2. The number of pyridine rings is 1. The molecule has 2 aromatic rings. The second-order valence-corrected chi connectivity index (χ2v) is 6.96. The Morgan fingerprint density at radius 1 is 1.29 bits per heavy atom. The molecule has 0 spiro atoms. The molecule has 1 atom stereocenters. The molecular weight excluding hydrogens is 307 g/mol. The first-order chi connectivity index (χ1) is 10.0. The summed E-state index contributed by atoms with van der Waals surface area (Å²) in [7, 11) is 0. The predicted molar refractivity (Wildman–Crippen MR) is 85.8 cm³/mol. The van der Waals surface area contributed by atoms with Crippen molar-refractivity contribution < 1.29 is 4.39 Å². The summed E-state index contributed by atoms with van der Waals surface area (Å²) in [6.07, 6.45) is 2.50. The molecule has 5 heteroatoms. The smallest absolute Gasteiger partial charge is 0.137 e. The Morgan fingerprint density at radius 2 is 2.10 bits per heavy atom. The van der Waals surface area contributed by atoms with Gasteiger partial charge in [0.25, 0.3) is 0 Å². The Labute approximate surface area is 132 Å². The van der Waals surface area contributed by atoms with Gasteiger partial charge < -0.3 is 0 Å². The Kier molecular flexibility index (Phi) is 3.76. The zero-order valence-electron chi connectivity index (χ0n) is 11.7. The number of rotatable bonds is 2. The topological polar surface area (TPSA) is 25.2 Å². The van der Waals surface area contributed by atoms with Gasteiger partial charge in [-0.05, 0) is 31.5 Å². The quantitative estimate of drug-likeness (QED) is 0.732. The van der Waals surface area contributed by atoms with Crippen LogP contribution in [0.15, 0.2) is 46.4 Å². The largest absolute Gasteiger partial charge is 0.266 e. The van der Waals surface area contributed by atoms with Crippen LogP contribution < -0.4 is 0 Å². The molecule has 0 N–H and O–H groups in total. The fourth-order valence-electron chi connectivity index (χ4n) is 2.23. The standard InChI is InChI=1S/C16H14ClFN2S/c1-3-16(2)20-14(10-7-8-13(17)19-9-10)11-5-4-6-12(18)15(11)21-16/h4-9H,3H2,1-2H3. The average Bonchev–Trinajstić information content (AvgIpc) is 2.49. The lowest BCUT2D eigenvalue weighted by Crippen LogP contribution is -2.25. The number of nitrogens with zero attached hydrogens (tertiary/aromatic N) is 2. The third-order valence-corrected chi connectivity index (χ3v) is 5.21. The normalized spacial score (nSPS) is 20.9. The number of aromatic nitrogens is 1. The molecule has 0 radical (unpaired) electrons. The molecule has 1 aromatic heterocycles. The first-order valence-electron chi connectivity index (χ1n) is 6.72. The van der Waals surface area contributed by atoms with Crippen molar-refractivity contribution in [3.63, 3.8) is 0 Å². The lowest BCUT2D eigenvalue weighted by Gasteiger charge is -2.31. The number of benzene rings is 1. The number of hydrogen-bond acceptors (Lipinski definition) is 3. The van der Waals surface area contributed by atoms with Crippen LogP contribution in [0.3, 0.4) is 0 Å². The van der Waals surface area contributed by atoms with E-state index in [2.05, 4.69) is 11.9 Å². The number of thioether (sulfide) groups is 1. The number of fused-ring (bicyclic) bond motifs is 1. The van der Waals surface area contributed by atoms with Gasteiger partial charge in [-0.25, -0.2) is 9.37 Å². The summed E-state index contributed by atoms with van der Waals surface area (Å²) in [4.78, 5) is 9.24. The van der Waals surface area contributed by atoms with Crippen molar-refractivity contribution in [1.82, 2.24) is 4.98 Å². The Hall–Kier alpha value is -1.39. The molecule has 21 heavy (non-hydrogen) atoms. The molecule has 0 saturated heterocycles. The van der Waals surface area contributed by atoms with Crippen LogP contribution >= 0.6 is 23.4 Å². The van der Waals surface area contributed by atoms with Crippen LogP contribution in [-0.2, 0) is 0 Å². The van der Waals surface area contributed by atoms with Crippen LogP contribution in [-0.4, -0.2) is 15.6 Å². The van der Waals surface area contributed by atoms with E-state index in [9.17, 15) is 4.39 Å². The van der Waals surface area contributed by atoms with Crippen molar-refractivity contribution in [2.75, 3.05) is 0 Å². The van der Waals surface area contributed by atoms with E-state index in [4.69, 9.17) is 16.6 Å². The lowest BCUT2D eigenvalue weighted by atomic mass is 10.0. The Balaban J connectivity index is 2.21. The number of aliphatic imine (C=N–C) groups is 1.